The Morgan fingerprint density at radius 1 is 1.33 bits per heavy atom. The van der Waals surface area contributed by atoms with Crippen molar-refractivity contribution in [1.82, 2.24) is 10.3 Å². The number of aromatic amines is 1. The van der Waals surface area contributed by atoms with E-state index in [1.165, 1.54) is 0 Å². The fourth-order valence-corrected chi connectivity index (χ4v) is 2.40. The third-order valence-electron chi connectivity index (χ3n) is 3.51. The van der Waals surface area contributed by atoms with E-state index in [1.54, 1.807) is 0 Å². The summed E-state index contributed by atoms with van der Waals surface area (Å²) in [6.45, 7) is 1.90. The highest BCUT2D eigenvalue weighted by atomic mass is 16.4. The lowest BCUT2D eigenvalue weighted by molar-refractivity contribution is -0.142. The van der Waals surface area contributed by atoms with Crippen molar-refractivity contribution in [2.24, 2.45) is 0 Å². The number of benzene rings is 1. The van der Waals surface area contributed by atoms with E-state index in [4.69, 9.17) is 5.11 Å². The molecule has 0 bridgehead atoms. The minimum atomic E-state index is -0.975. The third-order valence-corrected chi connectivity index (χ3v) is 3.51. The third kappa shape index (κ3) is 3.84. The summed E-state index contributed by atoms with van der Waals surface area (Å²) in [6, 6.07) is 7.13. The van der Waals surface area contributed by atoms with Crippen molar-refractivity contribution in [3.8, 4) is 0 Å². The molecule has 0 spiro atoms. The second-order valence-corrected chi connectivity index (χ2v) is 5.11. The van der Waals surface area contributed by atoms with Gasteiger partial charge in [-0.1, -0.05) is 31.5 Å². The lowest BCUT2D eigenvalue weighted by Crippen LogP contribution is -2.40. The average Bonchev–Trinajstić information content (AvgIpc) is 2.88. The smallest absolute Gasteiger partial charge is 0.326 e. The molecule has 3 N–H and O–H groups in total. The van der Waals surface area contributed by atoms with Crippen molar-refractivity contribution < 1.29 is 14.7 Å². The quantitative estimate of drug-likeness (QED) is 0.732. The van der Waals surface area contributed by atoms with Gasteiger partial charge in [0.25, 0.3) is 0 Å². The van der Waals surface area contributed by atoms with Crippen LogP contribution in [-0.2, 0) is 16.0 Å². The maximum absolute atomic E-state index is 11.9. The van der Waals surface area contributed by atoms with Crippen LogP contribution in [0.2, 0.25) is 0 Å². The molecule has 1 amide bonds. The maximum Gasteiger partial charge on any atom is 0.326 e. The Bertz CT molecular complexity index is 633. The van der Waals surface area contributed by atoms with E-state index in [1.807, 2.05) is 37.4 Å². The predicted octanol–water partition coefficient (Wildman–Crippen LogP) is 2.47. The van der Waals surface area contributed by atoms with Gasteiger partial charge in [0, 0.05) is 23.5 Å². The molecule has 5 nitrogen and oxygen atoms in total. The number of carboxylic acid groups (broad SMARTS) is 1. The number of para-hydroxylation sites is 1. The van der Waals surface area contributed by atoms with E-state index in [0.717, 1.165) is 22.9 Å². The molecular formula is C16H20N2O3. The van der Waals surface area contributed by atoms with Gasteiger partial charge in [-0.3, -0.25) is 4.79 Å². The van der Waals surface area contributed by atoms with E-state index < -0.39 is 12.0 Å². The first-order valence-corrected chi connectivity index (χ1v) is 7.19. The minimum Gasteiger partial charge on any atom is -0.480 e. The number of aryl methyl sites for hydroxylation is 1. The number of H-pyrrole nitrogens is 1. The number of aliphatic carboxylic acids is 1. The van der Waals surface area contributed by atoms with Crippen molar-refractivity contribution >= 4 is 22.8 Å². The first-order valence-electron chi connectivity index (χ1n) is 7.19. The number of amides is 1. The van der Waals surface area contributed by atoms with Gasteiger partial charge in [0.15, 0.2) is 0 Å². The predicted molar refractivity (Wildman–Crippen MR) is 81.1 cm³/mol. The van der Waals surface area contributed by atoms with E-state index in [2.05, 4.69) is 10.3 Å². The van der Waals surface area contributed by atoms with E-state index >= 15 is 0 Å². The summed E-state index contributed by atoms with van der Waals surface area (Å²) < 4.78 is 0. The number of carbonyl (C=O) groups excluding carboxylic acids is 1. The van der Waals surface area contributed by atoms with E-state index in [0.29, 0.717) is 12.8 Å². The lowest BCUT2D eigenvalue weighted by Gasteiger charge is -2.13. The van der Waals surface area contributed by atoms with Crippen molar-refractivity contribution in [2.75, 3.05) is 0 Å². The zero-order valence-corrected chi connectivity index (χ0v) is 12.1. The highest BCUT2D eigenvalue weighted by Gasteiger charge is 2.18. The molecule has 1 atom stereocenters. The molecule has 0 aliphatic rings. The fraction of sp³-hybridized carbons (Fsp3) is 0.375. The summed E-state index contributed by atoms with van der Waals surface area (Å²) in [4.78, 5) is 26.1. The molecule has 0 saturated heterocycles. The molecule has 21 heavy (non-hydrogen) atoms. The normalized spacial score (nSPS) is 12.2. The summed E-state index contributed by atoms with van der Waals surface area (Å²) in [7, 11) is 0. The molecule has 1 unspecified atom stereocenters. The van der Waals surface area contributed by atoms with Crippen molar-refractivity contribution in [3.05, 3.63) is 36.0 Å². The van der Waals surface area contributed by atoms with Crippen LogP contribution in [0.15, 0.2) is 30.5 Å². The van der Waals surface area contributed by atoms with Crippen LogP contribution in [0.4, 0.5) is 0 Å². The Labute approximate surface area is 123 Å². The highest BCUT2D eigenvalue weighted by Crippen LogP contribution is 2.18. The van der Waals surface area contributed by atoms with Gasteiger partial charge in [-0.15, -0.1) is 0 Å². The molecule has 0 aliphatic heterocycles. The van der Waals surface area contributed by atoms with Crippen LogP contribution in [0.5, 0.6) is 0 Å². The summed E-state index contributed by atoms with van der Waals surface area (Å²) in [6.07, 6.45) is 3.95. The Balaban J connectivity index is 1.93. The van der Waals surface area contributed by atoms with Gasteiger partial charge in [0.1, 0.15) is 6.04 Å². The monoisotopic (exact) mass is 288 g/mol. The Hall–Kier alpha value is -2.30. The second-order valence-electron chi connectivity index (χ2n) is 5.11. The van der Waals surface area contributed by atoms with Gasteiger partial charge >= 0.3 is 5.97 Å². The standard InChI is InChI=1S/C16H20N2O3/c1-2-5-14(16(20)21)18-15(19)9-8-11-10-17-13-7-4-3-6-12(11)13/h3-4,6-7,10,14,17H,2,5,8-9H2,1H3,(H,18,19)(H,20,21). The molecule has 2 rings (SSSR count). The summed E-state index contributed by atoms with van der Waals surface area (Å²) in [5.41, 5.74) is 2.12. The molecule has 0 fully saturated rings. The number of aromatic nitrogens is 1. The maximum atomic E-state index is 11.9. The Kier molecular flexibility index (Phi) is 4.98. The van der Waals surface area contributed by atoms with Gasteiger partial charge in [0.2, 0.25) is 5.91 Å². The van der Waals surface area contributed by atoms with Crippen LogP contribution in [0.1, 0.15) is 31.7 Å². The molecule has 0 aliphatic carbocycles. The largest absolute Gasteiger partial charge is 0.480 e. The summed E-state index contributed by atoms with van der Waals surface area (Å²) in [5, 5.41) is 12.7. The Morgan fingerprint density at radius 2 is 2.10 bits per heavy atom. The van der Waals surface area contributed by atoms with Gasteiger partial charge in [0.05, 0.1) is 0 Å². The van der Waals surface area contributed by atoms with Gasteiger partial charge in [-0.05, 0) is 24.5 Å². The van der Waals surface area contributed by atoms with Crippen molar-refractivity contribution in [2.45, 2.75) is 38.6 Å². The molecule has 1 heterocycles. The molecule has 1 aromatic heterocycles. The Morgan fingerprint density at radius 3 is 2.81 bits per heavy atom. The van der Waals surface area contributed by atoms with Crippen LogP contribution in [0.3, 0.4) is 0 Å². The van der Waals surface area contributed by atoms with Crippen LogP contribution in [-0.4, -0.2) is 28.0 Å². The molecule has 2 aromatic rings. The van der Waals surface area contributed by atoms with E-state index in [9.17, 15) is 9.59 Å². The fourth-order valence-electron chi connectivity index (χ4n) is 2.40. The topological polar surface area (TPSA) is 82.2 Å². The lowest BCUT2D eigenvalue weighted by atomic mass is 10.1. The highest BCUT2D eigenvalue weighted by molar-refractivity contribution is 5.85. The minimum absolute atomic E-state index is 0.221. The number of carbonyl (C=O) groups is 2. The summed E-state index contributed by atoms with van der Waals surface area (Å²) >= 11 is 0. The van der Waals surface area contributed by atoms with Gasteiger partial charge < -0.3 is 15.4 Å². The zero-order valence-electron chi connectivity index (χ0n) is 12.1. The van der Waals surface area contributed by atoms with Crippen LogP contribution in [0.25, 0.3) is 10.9 Å². The number of fused-ring (bicyclic) bond motifs is 1. The second kappa shape index (κ2) is 6.92. The molecule has 1 aromatic carbocycles. The number of nitrogens with one attached hydrogen (secondary N) is 2. The van der Waals surface area contributed by atoms with Crippen molar-refractivity contribution in [1.29, 1.82) is 0 Å². The number of carboxylic acids is 1. The molecule has 112 valence electrons. The molecule has 5 heteroatoms. The molecule has 0 radical (unpaired) electrons. The first kappa shape index (κ1) is 15.1. The average molecular weight is 288 g/mol. The van der Waals surface area contributed by atoms with Gasteiger partial charge in [-0.2, -0.15) is 0 Å². The molecule has 0 saturated carbocycles. The first-order chi connectivity index (χ1) is 10.1. The van der Waals surface area contributed by atoms with Gasteiger partial charge in [-0.25, -0.2) is 4.79 Å². The van der Waals surface area contributed by atoms with E-state index in [-0.39, 0.29) is 12.3 Å². The SMILES string of the molecule is CCCC(NC(=O)CCc1c[nH]c2ccccc12)C(=O)O. The number of hydrogen-bond acceptors (Lipinski definition) is 2. The van der Waals surface area contributed by atoms with Crippen molar-refractivity contribution in [3.63, 3.8) is 0 Å². The summed E-state index contributed by atoms with van der Waals surface area (Å²) in [5.74, 6) is -1.20. The number of hydrogen-bond donors (Lipinski definition) is 3. The number of rotatable bonds is 7. The van der Waals surface area contributed by atoms with Crippen LogP contribution < -0.4 is 5.32 Å². The van der Waals surface area contributed by atoms with Crippen LogP contribution >= 0.6 is 0 Å². The zero-order chi connectivity index (χ0) is 15.2. The molecular weight excluding hydrogens is 268 g/mol. The van der Waals surface area contributed by atoms with Crippen LogP contribution in [0, 0.1) is 0 Å².